The molecule has 2 N–H and O–H groups in total. The Morgan fingerprint density at radius 3 is 2.31 bits per heavy atom. The number of carbonyl (C=O) groups excluding carboxylic acids is 3. The third-order valence-corrected chi connectivity index (χ3v) is 3.94. The number of hydrogen-bond donors (Lipinski definition) is 2. The van der Waals surface area contributed by atoms with E-state index in [1.54, 1.807) is 43.1 Å². The van der Waals surface area contributed by atoms with Gasteiger partial charge in [-0.25, -0.2) is 4.79 Å². The van der Waals surface area contributed by atoms with E-state index in [9.17, 15) is 14.4 Å². The maximum atomic E-state index is 12.6. The van der Waals surface area contributed by atoms with E-state index >= 15 is 0 Å². The van der Waals surface area contributed by atoms with Crippen LogP contribution >= 0.6 is 12.2 Å². The first-order valence-electron chi connectivity index (χ1n) is 8.80. The molecule has 0 radical (unpaired) electrons. The van der Waals surface area contributed by atoms with Crippen molar-refractivity contribution in [2.45, 2.75) is 6.92 Å². The molecule has 0 unspecified atom stereocenters. The highest BCUT2D eigenvalue weighted by molar-refractivity contribution is 7.80. The van der Waals surface area contributed by atoms with Crippen molar-refractivity contribution >= 4 is 46.5 Å². The van der Waals surface area contributed by atoms with Crippen LogP contribution < -0.4 is 15.5 Å². The number of benzene rings is 2. The molecule has 0 saturated heterocycles. The fourth-order valence-electron chi connectivity index (χ4n) is 2.31. The van der Waals surface area contributed by atoms with E-state index in [-0.39, 0.29) is 17.6 Å². The van der Waals surface area contributed by atoms with Crippen molar-refractivity contribution in [2.75, 3.05) is 23.9 Å². The Labute approximate surface area is 174 Å². The smallest absolute Gasteiger partial charge is 0.330 e. The molecule has 0 aromatic heterocycles. The van der Waals surface area contributed by atoms with Crippen LogP contribution in [0.25, 0.3) is 0 Å². The van der Waals surface area contributed by atoms with Crippen LogP contribution in [0.15, 0.2) is 66.7 Å². The Bertz CT molecular complexity index is 911. The number of hydrogen-bond acceptors (Lipinski definition) is 5. The number of amides is 2. The molecule has 2 aromatic rings. The number of para-hydroxylation sites is 1. The van der Waals surface area contributed by atoms with Gasteiger partial charge >= 0.3 is 5.97 Å². The summed E-state index contributed by atoms with van der Waals surface area (Å²) < 4.78 is 4.68. The molecule has 0 fully saturated rings. The average Bonchev–Trinajstić information content (AvgIpc) is 2.72. The van der Waals surface area contributed by atoms with E-state index in [4.69, 9.17) is 12.2 Å². The van der Waals surface area contributed by atoms with Crippen molar-refractivity contribution in [3.8, 4) is 0 Å². The fraction of sp³-hybridized carbons (Fsp3) is 0.143. The molecule has 29 heavy (non-hydrogen) atoms. The number of nitrogens with zero attached hydrogens (tertiary/aromatic N) is 1. The SMILES string of the molecule is CCOC(=O)/C=C/C(=O)NC(=S)Nc1ccc(C(=O)N(C)c2ccccc2)cc1. The van der Waals surface area contributed by atoms with Crippen LogP contribution in [0, 0.1) is 0 Å². The van der Waals surface area contributed by atoms with Gasteiger partial charge in [0.2, 0.25) is 5.91 Å². The maximum absolute atomic E-state index is 12.6. The number of nitrogens with one attached hydrogen (secondary N) is 2. The van der Waals surface area contributed by atoms with E-state index in [1.165, 1.54) is 0 Å². The average molecular weight is 411 g/mol. The van der Waals surface area contributed by atoms with Gasteiger partial charge in [0.25, 0.3) is 5.91 Å². The minimum atomic E-state index is -0.609. The summed E-state index contributed by atoms with van der Waals surface area (Å²) in [6.45, 7) is 1.90. The molecular formula is C21H21N3O4S. The molecule has 7 nitrogen and oxygen atoms in total. The summed E-state index contributed by atoms with van der Waals surface area (Å²) in [5.74, 6) is -1.32. The van der Waals surface area contributed by atoms with Crippen LogP contribution in [0.5, 0.6) is 0 Å². The zero-order chi connectivity index (χ0) is 21.2. The molecule has 0 aliphatic carbocycles. The molecule has 0 atom stereocenters. The standard InChI is InChI=1S/C21H21N3O4S/c1-3-28-19(26)14-13-18(25)23-21(29)22-16-11-9-15(10-12-16)20(27)24(2)17-7-5-4-6-8-17/h4-14H,3H2,1-2H3,(H2,22,23,25,29)/b14-13+. The normalized spacial score (nSPS) is 10.3. The first kappa shape index (κ1) is 21.8. The van der Waals surface area contributed by atoms with Crippen LogP contribution in [0.4, 0.5) is 11.4 Å². The molecule has 2 aromatic carbocycles. The van der Waals surface area contributed by atoms with Crippen molar-refractivity contribution in [3.05, 3.63) is 72.3 Å². The van der Waals surface area contributed by atoms with Gasteiger partial charge in [0.05, 0.1) is 6.61 Å². The van der Waals surface area contributed by atoms with Gasteiger partial charge in [-0.2, -0.15) is 0 Å². The predicted octanol–water partition coefficient (Wildman–Crippen LogP) is 2.90. The van der Waals surface area contributed by atoms with Crippen LogP contribution in [0.1, 0.15) is 17.3 Å². The zero-order valence-corrected chi connectivity index (χ0v) is 16.9. The van der Waals surface area contributed by atoms with E-state index in [0.717, 1.165) is 17.8 Å². The molecule has 2 rings (SSSR count). The van der Waals surface area contributed by atoms with Gasteiger partial charge in [0.15, 0.2) is 5.11 Å². The number of thiocarbonyl (C=S) groups is 1. The highest BCUT2D eigenvalue weighted by atomic mass is 32.1. The number of carbonyl (C=O) groups is 3. The van der Waals surface area contributed by atoms with Crippen molar-refractivity contribution < 1.29 is 19.1 Å². The van der Waals surface area contributed by atoms with Crippen molar-refractivity contribution in [1.29, 1.82) is 0 Å². The summed E-state index contributed by atoms with van der Waals surface area (Å²) in [5, 5.41) is 5.31. The molecule has 0 bridgehead atoms. The summed E-state index contributed by atoms with van der Waals surface area (Å²) in [7, 11) is 1.71. The summed E-state index contributed by atoms with van der Waals surface area (Å²) in [6, 6.07) is 16.0. The topological polar surface area (TPSA) is 87.7 Å². The lowest BCUT2D eigenvalue weighted by atomic mass is 10.1. The highest BCUT2D eigenvalue weighted by Gasteiger charge is 2.13. The number of ether oxygens (including phenoxy) is 1. The van der Waals surface area contributed by atoms with Crippen molar-refractivity contribution in [1.82, 2.24) is 5.32 Å². The van der Waals surface area contributed by atoms with E-state index < -0.39 is 11.9 Å². The van der Waals surface area contributed by atoms with Gasteiger partial charge in [-0.1, -0.05) is 18.2 Å². The minimum absolute atomic E-state index is 0.0592. The Morgan fingerprint density at radius 2 is 1.69 bits per heavy atom. The largest absolute Gasteiger partial charge is 0.463 e. The molecule has 0 saturated carbocycles. The molecule has 2 amide bonds. The zero-order valence-electron chi connectivity index (χ0n) is 16.0. The quantitative estimate of drug-likeness (QED) is 0.432. The summed E-state index contributed by atoms with van der Waals surface area (Å²) in [5.41, 5.74) is 1.90. The van der Waals surface area contributed by atoms with Crippen LogP contribution in [-0.2, 0) is 14.3 Å². The predicted molar refractivity (Wildman–Crippen MR) is 116 cm³/mol. The second-order valence-electron chi connectivity index (χ2n) is 5.81. The van der Waals surface area contributed by atoms with Gasteiger partial charge in [0, 0.05) is 36.1 Å². The molecule has 8 heteroatoms. The maximum Gasteiger partial charge on any atom is 0.330 e. The van der Waals surface area contributed by atoms with Gasteiger partial charge in [-0.3, -0.25) is 14.9 Å². The van der Waals surface area contributed by atoms with Crippen LogP contribution in [0.3, 0.4) is 0 Å². The van der Waals surface area contributed by atoms with Gasteiger partial charge < -0.3 is 15.0 Å². The number of esters is 1. The molecule has 0 aliphatic heterocycles. The Hall–Kier alpha value is -3.52. The minimum Gasteiger partial charge on any atom is -0.463 e. The van der Waals surface area contributed by atoms with Gasteiger partial charge in [0.1, 0.15) is 0 Å². The lowest BCUT2D eigenvalue weighted by Gasteiger charge is -2.17. The summed E-state index contributed by atoms with van der Waals surface area (Å²) >= 11 is 5.06. The summed E-state index contributed by atoms with van der Waals surface area (Å²) in [6.07, 6.45) is 2.05. The Balaban J connectivity index is 1.91. The number of anilines is 2. The van der Waals surface area contributed by atoms with E-state index in [2.05, 4.69) is 15.4 Å². The van der Waals surface area contributed by atoms with Crippen molar-refractivity contribution in [3.63, 3.8) is 0 Å². The van der Waals surface area contributed by atoms with E-state index in [0.29, 0.717) is 11.3 Å². The monoisotopic (exact) mass is 411 g/mol. The van der Waals surface area contributed by atoms with Crippen molar-refractivity contribution in [2.24, 2.45) is 0 Å². The van der Waals surface area contributed by atoms with Crippen LogP contribution in [0.2, 0.25) is 0 Å². The molecule has 150 valence electrons. The van der Waals surface area contributed by atoms with Crippen LogP contribution in [-0.4, -0.2) is 36.6 Å². The molecule has 0 heterocycles. The Morgan fingerprint density at radius 1 is 1.03 bits per heavy atom. The third kappa shape index (κ3) is 6.86. The third-order valence-electron chi connectivity index (χ3n) is 3.73. The highest BCUT2D eigenvalue weighted by Crippen LogP contribution is 2.16. The van der Waals surface area contributed by atoms with Gasteiger partial charge in [-0.05, 0) is 55.5 Å². The lowest BCUT2D eigenvalue weighted by molar-refractivity contribution is -0.137. The molecular weight excluding hydrogens is 390 g/mol. The first-order valence-corrected chi connectivity index (χ1v) is 9.21. The second-order valence-corrected chi connectivity index (χ2v) is 6.21. The lowest BCUT2D eigenvalue weighted by Crippen LogP contribution is -2.33. The molecule has 0 spiro atoms. The fourth-order valence-corrected chi connectivity index (χ4v) is 2.53. The van der Waals surface area contributed by atoms with Gasteiger partial charge in [-0.15, -0.1) is 0 Å². The first-order chi connectivity index (χ1) is 13.9. The Kier molecular flexibility index (Phi) is 8.05. The van der Waals surface area contributed by atoms with E-state index in [1.807, 2.05) is 30.3 Å². The summed E-state index contributed by atoms with van der Waals surface area (Å²) in [4.78, 5) is 37.0. The molecule has 0 aliphatic rings. The second kappa shape index (κ2) is 10.7. The number of rotatable bonds is 6.